The Morgan fingerprint density at radius 3 is 2.36 bits per heavy atom. The Bertz CT molecular complexity index is 737. The number of rotatable bonds is 6. The quantitative estimate of drug-likeness (QED) is 0.833. The summed E-state index contributed by atoms with van der Waals surface area (Å²) in [5.74, 6) is 0.787. The number of hydrogen-bond donors (Lipinski definition) is 1. The van der Waals surface area contributed by atoms with Gasteiger partial charge in [0, 0.05) is 6.54 Å². The van der Waals surface area contributed by atoms with Crippen LogP contribution in [0, 0.1) is 20.8 Å². The van der Waals surface area contributed by atoms with Crippen molar-refractivity contribution >= 4 is 10.0 Å². The van der Waals surface area contributed by atoms with Crippen LogP contribution < -0.4 is 9.46 Å². The second-order valence-electron chi connectivity index (χ2n) is 5.26. The van der Waals surface area contributed by atoms with Crippen molar-refractivity contribution in [2.24, 2.45) is 0 Å². The summed E-state index contributed by atoms with van der Waals surface area (Å²) in [7, 11) is -3.48. The van der Waals surface area contributed by atoms with Gasteiger partial charge in [0.05, 0.1) is 4.90 Å². The second-order valence-corrected chi connectivity index (χ2v) is 7.02. The van der Waals surface area contributed by atoms with Crippen molar-refractivity contribution in [3.05, 3.63) is 59.2 Å². The Balaban J connectivity index is 1.90. The number of nitrogens with one attached hydrogen (secondary N) is 1. The first-order valence-electron chi connectivity index (χ1n) is 7.15. The molecule has 2 aromatic rings. The smallest absolute Gasteiger partial charge is 0.240 e. The molecule has 22 heavy (non-hydrogen) atoms. The zero-order chi connectivity index (χ0) is 16.2. The lowest BCUT2D eigenvalue weighted by atomic mass is 10.1. The van der Waals surface area contributed by atoms with Crippen molar-refractivity contribution in [3.63, 3.8) is 0 Å². The lowest BCUT2D eigenvalue weighted by Gasteiger charge is -2.11. The van der Waals surface area contributed by atoms with Crippen LogP contribution in [0.4, 0.5) is 0 Å². The number of aryl methyl sites for hydroxylation is 2. The number of benzene rings is 2. The summed E-state index contributed by atoms with van der Waals surface area (Å²) in [6.45, 7) is 6.43. The lowest BCUT2D eigenvalue weighted by molar-refractivity contribution is 0.320. The van der Waals surface area contributed by atoms with E-state index in [1.165, 1.54) is 0 Å². The van der Waals surface area contributed by atoms with E-state index in [1.807, 2.05) is 39.0 Å². The zero-order valence-corrected chi connectivity index (χ0v) is 13.9. The second kappa shape index (κ2) is 6.94. The molecule has 1 N–H and O–H groups in total. The normalized spacial score (nSPS) is 11.4. The minimum Gasteiger partial charge on any atom is -0.492 e. The van der Waals surface area contributed by atoms with Crippen LogP contribution in [0.25, 0.3) is 0 Å². The fourth-order valence-electron chi connectivity index (χ4n) is 2.02. The first-order chi connectivity index (χ1) is 10.4. The summed E-state index contributed by atoms with van der Waals surface area (Å²) in [6.07, 6.45) is 0. The van der Waals surface area contributed by atoms with Gasteiger partial charge in [-0.15, -0.1) is 0 Å². The van der Waals surface area contributed by atoms with E-state index >= 15 is 0 Å². The molecule has 0 spiro atoms. The highest BCUT2D eigenvalue weighted by atomic mass is 32.2. The molecule has 5 heteroatoms. The molecule has 0 aromatic heterocycles. The van der Waals surface area contributed by atoms with Crippen molar-refractivity contribution in [2.75, 3.05) is 13.2 Å². The van der Waals surface area contributed by atoms with Gasteiger partial charge in [-0.3, -0.25) is 0 Å². The fourth-order valence-corrected chi connectivity index (χ4v) is 3.03. The highest BCUT2D eigenvalue weighted by Gasteiger charge is 2.12. The molecule has 0 heterocycles. The Labute approximate surface area is 132 Å². The summed E-state index contributed by atoms with van der Waals surface area (Å²) in [5.41, 5.74) is 3.25. The van der Waals surface area contributed by atoms with E-state index < -0.39 is 10.0 Å². The topological polar surface area (TPSA) is 55.4 Å². The maximum atomic E-state index is 12.1. The van der Waals surface area contributed by atoms with Gasteiger partial charge < -0.3 is 4.74 Å². The molecule has 0 atom stereocenters. The van der Waals surface area contributed by atoms with Gasteiger partial charge >= 0.3 is 0 Å². The molecular weight excluding hydrogens is 298 g/mol. The SMILES string of the molecule is Cc1ccc(S(=O)(=O)NCCOc2cccc(C)c2C)cc1. The van der Waals surface area contributed by atoms with Gasteiger partial charge in [-0.05, 0) is 50.1 Å². The molecule has 118 valence electrons. The maximum absolute atomic E-state index is 12.1. The molecular formula is C17H21NO3S. The largest absolute Gasteiger partial charge is 0.492 e. The number of ether oxygens (including phenoxy) is 1. The molecule has 0 aliphatic rings. The number of sulfonamides is 1. The van der Waals surface area contributed by atoms with Gasteiger partial charge in [0.15, 0.2) is 0 Å². The predicted molar refractivity (Wildman–Crippen MR) is 87.8 cm³/mol. The van der Waals surface area contributed by atoms with Crippen LogP contribution >= 0.6 is 0 Å². The molecule has 0 bridgehead atoms. The highest BCUT2D eigenvalue weighted by Crippen LogP contribution is 2.20. The van der Waals surface area contributed by atoms with Crippen LogP contribution in [0.15, 0.2) is 47.4 Å². The zero-order valence-electron chi connectivity index (χ0n) is 13.1. The Morgan fingerprint density at radius 2 is 1.68 bits per heavy atom. The van der Waals surface area contributed by atoms with Gasteiger partial charge in [-0.2, -0.15) is 0 Å². The third-order valence-electron chi connectivity index (χ3n) is 3.54. The summed E-state index contributed by atoms with van der Waals surface area (Å²) in [4.78, 5) is 0.268. The van der Waals surface area contributed by atoms with Gasteiger partial charge in [0.1, 0.15) is 12.4 Å². The summed E-state index contributed by atoms with van der Waals surface area (Å²) in [6, 6.07) is 12.6. The van der Waals surface area contributed by atoms with Crippen LogP contribution in [0.5, 0.6) is 5.75 Å². The fraction of sp³-hybridized carbons (Fsp3) is 0.294. The Hall–Kier alpha value is -1.85. The highest BCUT2D eigenvalue weighted by molar-refractivity contribution is 7.89. The molecule has 0 radical (unpaired) electrons. The molecule has 0 aliphatic heterocycles. The minimum atomic E-state index is -3.48. The maximum Gasteiger partial charge on any atom is 0.240 e. The monoisotopic (exact) mass is 319 g/mol. The standard InChI is InChI=1S/C17H21NO3S/c1-13-7-9-16(10-8-13)22(19,20)18-11-12-21-17-6-4-5-14(2)15(17)3/h4-10,18H,11-12H2,1-3H3. The van der Waals surface area contributed by atoms with Gasteiger partial charge in [0.2, 0.25) is 10.0 Å². The van der Waals surface area contributed by atoms with Gasteiger partial charge in [0.25, 0.3) is 0 Å². The first kappa shape index (κ1) is 16.5. The van der Waals surface area contributed by atoms with E-state index in [-0.39, 0.29) is 18.0 Å². The summed E-state index contributed by atoms with van der Waals surface area (Å²) >= 11 is 0. The molecule has 0 fully saturated rings. The lowest BCUT2D eigenvalue weighted by Crippen LogP contribution is -2.28. The average Bonchev–Trinajstić information content (AvgIpc) is 2.48. The molecule has 2 aromatic carbocycles. The van der Waals surface area contributed by atoms with Crippen molar-refractivity contribution in [3.8, 4) is 5.75 Å². The Kier molecular flexibility index (Phi) is 5.21. The van der Waals surface area contributed by atoms with Gasteiger partial charge in [-0.1, -0.05) is 29.8 Å². The van der Waals surface area contributed by atoms with Crippen LogP contribution in [0.3, 0.4) is 0 Å². The summed E-state index contributed by atoms with van der Waals surface area (Å²) < 4.78 is 32.4. The van der Waals surface area contributed by atoms with Crippen LogP contribution in [0.2, 0.25) is 0 Å². The molecule has 4 nitrogen and oxygen atoms in total. The molecule has 0 unspecified atom stereocenters. The van der Waals surface area contributed by atoms with Crippen LogP contribution in [-0.4, -0.2) is 21.6 Å². The molecule has 0 saturated carbocycles. The van der Waals surface area contributed by atoms with E-state index in [0.29, 0.717) is 0 Å². The van der Waals surface area contributed by atoms with Crippen molar-refractivity contribution < 1.29 is 13.2 Å². The van der Waals surface area contributed by atoms with Gasteiger partial charge in [-0.25, -0.2) is 13.1 Å². The Morgan fingerprint density at radius 1 is 1.00 bits per heavy atom. The summed E-state index contributed by atoms with van der Waals surface area (Å²) in [5, 5.41) is 0. The third kappa shape index (κ3) is 4.08. The van der Waals surface area contributed by atoms with E-state index in [1.54, 1.807) is 24.3 Å². The molecule has 2 rings (SSSR count). The number of hydrogen-bond acceptors (Lipinski definition) is 3. The van der Waals surface area contributed by atoms with E-state index in [2.05, 4.69) is 4.72 Å². The van der Waals surface area contributed by atoms with Crippen molar-refractivity contribution in [1.82, 2.24) is 4.72 Å². The van der Waals surface area contributed by atoms with Crippen LogP contribution in [-0.2, 0) is 10.0 Å². The van der Waals surface area contributed by atoms with E-state index in [0.717, 1.165) is 22.4 Å². The van der Waals surface area contributed by atoms with Crippen molar-refractivity contribution in [2.45, 2.75) is 25.7 Å². The predicted octanol–water partition coefficient (Wildman–Crippen LogP) is 2.97. The third-order valence-corrected chi connectivity index (χ3v) is 5.01. The average molecular weight is 319 g/mol. The first-order valence-corrected chi connectivity index (χ1v) is 8.64. The molecule has 0 amide bonds. The molecule has 0 aliphatic carbocycles. The minimum absolute atomic E-state index is 0.226. The van der Waals surface area contributed by atoms with Crippen molar-refractivity contribution in [1.29, 1.82) is 0 Å². The van der Waals surface area contributed by atoms with E-state index in [4.69, 9.17) is 4.74 Å². The van der Waals surface area contributed by atoms with Crippen LogP contribution in [0.1, 0.15) is 16.7 Å². The van der Waals surface area contributed by atoms with E-state index in [9.17, 15) is 8.42 Å². The molecule has 0 saturated heterocycles.